The van der Waals surface area contributed by atoms with Crippen LogP contribution in [0.25, 0.3) is 0 Å². The molecule has 0 radical (unpaired) electrons. The van der Waals surface area contributed by atoms with Gasteiger partial charge in [0.05, 0.1) is 12.4 Å². The molecule has 0 aliphatic heterocycles. The third-order valence-electron chi connectivity index (χ3n) is 1.08. The summed E-state index contributed by atoms with van der Waals surface area (Å²) >= 11 is 0. The largest absolute Gasteiger partial charge is 0.218 e. The summed E-state index contributed by atoms with van der Waals surface area (Å²) in [6, 6.07) is 0. The number of nitrogens with zero attached hydrogens (tertiary/aromatic N) is 10. The van der Waals surface area contributed by atoms with E-state index in [0.29, 0.717) is 0 Å². The van der Waals surface area contributed by atoms with Gasteiger partial charge in [-0.25, -0.2) is 0 Å². The van der Waals surface area contributed by atoms with Crippen LogP contribution in [0.15, 0.2) is 22.6 Å². The molecule has 2 heterocycles. The summed E-state index contributed by atoms with van der Waals surface area (Å²) in [4.78, 5) is 0. The van der Waals surface area contributed by atoms with E-state index >= 15 is 0 Å². The fourth-order valence-corrected chi connectivity index (χ4v) is 0.578. The first-order valence-electron chi connectivity index (χ1n) is 3.39. The number of hydrogen-bond donors (Lipinski definition) is 0. The van der Waals surface area contributed by atoms with E-state index in [1.807, 2.05) is 0 Å². The number of aromatic nitrogens is 8. The molecule has 2 rings (SSSR count). The van der Waals surface area contributed by atoms with Gasteiger partial charge in [0.25, 0.3) is 0 Å². The molecule has 0 fully saturated rings. The normalized spacial score (nSPS) is 10.6. The Morgan fingerprint density at radius 2 is 1.21 bits per heavy atom. The van der Waals surface area contributed by atoms with Crippen LogP contribution in [0.5, 0.6) is 0 Å². The maximum absolute atomic E-state index is 3.66. The predicted molar refractivity (Wildman–Crippen MR) is 39.4 cm³/mol. The summed E-state index contributed by atoms with van der Waals surface area (Å²) in [5.74, 6) is 0.442. The molecular weight excluding hydrogens is 188 g/mol. The molecule has 0 saturated carbocycles. The molecule has 0 atom stereocenters. The van der Waals surface area contributed by atoms with Crippen molar-refractivity contribution in [2.75, 3.05) is 0 Å². The van der Waals surface area contributed by atoms with Gasteiger partial charge in [-0.3, -0.25) is 0 Å². The van der Waals surface area contributed by atoms with Crippen LogP contribution in [0.3, 0.4) is 0 Å². The van der Waals surface area contributed by atoms with Crippen LogP contribution in [0.1, 0.15) is 0 Å². The lowest BCUT2D eigenvalue weighted by atomic mass is 10.8. The highest BCUT2D eigenvalue weighted by molar-refractivity contribution is 5.21. The average molecular weight is 190 g/mol. The fraction of sp³-hybridized carbons (Fsp3) is 0. The lowest BCUT2D eigenvalue weighted by Crippen LogP contribution is -1.89. The molecule has 0 saturated heterocycles. The van der Waals surface area contributed by atoms with Crippen molar-refractivity contribution in [3.05, 3.63) is 12.4 Å². The van der Waals surface area contributed by atoms with Gasteiger partial charge in [0.1, 0.15) is 0 Å². The van der Waals surface area contributed by atoms with Crippen molar-refractivity contribution in [2.24, 2.45) is 10.2 Å². The summed E-state index contributed by atoms with van der Waals surface area (Å²) in [6.45, 7) is 0. The molecule has 68 valence electrons. The molecule has 0 bridgehead atoms. The Balaban J connectivity index is 2.16. The van der Waals surface area contributed by atoms with E-state index in [4.69, 9.17) is 0 Å². The van der Waals surface area contributed by atoms with Crippen LogP contribution in [0.2, 0.25) is 0 Å². The third kappa shape index (κ3) is 2.00. The van der Waals surface area contributed by atoms with Crippen molar-refractivity contribution in [3.63, 3.8) is 0 Å². The van der Waals surface area contributed by atoms with Gasteiger partial charge in [-0.1, -0.05) is 0 Å². The van der Waals surface area contributed by atoms with Crippen molar-refractivity contribution in [1.82, 2.24) is 41.2 Å². The Hall–Kier alpha value is -2.52. The van der Waals surface area contributed by atoms with E-state index in [1.165, 1.54) is 12.4 Å². The van der Waals surface area contributed by atoms with Crippen LogP contribution in [-0.2, 0) is 0 Å². The standard InChI is InChI=1S/C4H2N10/c1-3(9-13-11-5-1)7-8-4-2-6-12-14-10-4/h1-2H. The van der Waals surface area contributed by atoms with E-state index in [2.05, 4.69) is 51.5 Å². The van der Waals surface area contributed by atoms with E-state index < -0.39 is 0 Å². The molecule has 0 unspecified atom stereocenters. The fourth-order valence-electron chi connectivity index (χ4n) is 0.578. The monoisotopic (exact) mass is 190 g/mol. The van der Waals surface area contributed by atoms with Crippen molar-refractivity contribution in [1.29, 1.82) is 0 Å². The molecule has 0 spiro atoms. The molecule has 10 nitrogen and oxygen atoms in total. The van der Waals surface area contributed by atoms with E-state index in [-0.39, 0.29) is 11.6 Å². The Morgan fingerprint density at radius 1 is 0.714 bits per heavy atom. The van der Waals surface area contributed by atoms with Crippen LogP contribution < -0.4 is 0 Å². The number of hydrogen-bond acceptors (Lipinski definition) is 10. The highest BCUT2D eigenvalue weighted by atomic mass is 15.5. The minimum absolute atomic E-state index is 0.221. The third-order valence-corrected chi connectivity index (χ3v) is 1.08. The van der Waals surface area contributed by atoms with Gasteiger partial charge in [-0.2, -0.15) is 0 Å². The van der Waals surface area contributed by atoms with E-state index in [0.717, 1.165) is 0 Å². The highest BCUT2D eigenvalue weighted by Crippen LogP contribution is 2.08. The minimum Gasteiger partial charge on any atom is -0.133 e. The van der Waals surface area contributed by atoms with Gasteiger partial charge in [0.15, 0.2) is 0 Å². The topological polar surface area (TPSA) is 128 Å². The first-order valence-corrected chi connectivity index (χ1v) is 3.39. The summed E-state index contributed by atoms with van der Waals surface area (Å²) < 4.78 is 0. The zero-order valence-electron chi connectivity index (χ0n) is 6.63. The maximum atomic E-state index is 3.66. The molecule has 10 heteroatoms. The Labute approximate surface area is 76.5 Å². The van der Waals surface area contributed by atoms with Gasteiger partial charge < -0.3 is 0 Å². The molecule has 0 aromatic carbocycles. The van der Waals surface area contributed by atoms with Crippen molar-refractivity contribution < 1.29 is 0 Å². The average Bonchev–Trinajstić information content (AvgIpc) is 2.29. The predicted octanol–water partition coefficient (Wildman–Crippen LogP) is -0.738. The molecule has 2 aromatic heterocycles. The van der Waals surface area contributed by atoms with Crippen LogP contribution in [0, 0.1) is 0 Å². The zero-order chi connectivity index (χ0) is 9.64. The lowest BCUT2D eigenvalue weighted by Gasteiger charge is -1.86. The molecule has 0 amide bonds. The highest BCUT2D eigenvalue weighted by Gasteiger charge is 1.93. The van der Waals surface area contributed by atoms with Gasteiger partial charge in [0.2, 0.25) is 11.6 Å². The Bertz CT molecular complexity index is 369. The van der Waals surface area contributed by atoms with Crippen LogP contribution >= 0.6 is 0 Å². The molecule has 0 aliphatic rings. The SMILES string of the molecule is c1nnnnc1N=Nc1cnnnn1. The van der Waals surface area contributed by atoms with Gasteiger partial charge in [0, 0.05) is 0 Å². The Kier molecular flexibility index (Phi) is 2.27. The maximum Gasteiger partial charge on any atom is 0.218 e. The van der Waals surface area contributed by atoms with Gasteiger partial charge in [-0.15, -0.1) is 30.6 Å². The molecule has 2 aromatic rings. The quantitative estimate of drug-likeness (QED) is 0.566. The second-order valence-corrected chi connectivity index (χ2v) is 1.96. The van der Waals surface area contributed by atoms with Crippen molar-refractivity contribution in [2.45, 2.75) is 0 Å². The van der Waals surface area contributed by atoms with E-state index in [9.17, 15) is 0 Å². The number of rotatable bonds is 2. The second kappa shape index (κ2) is 3.93. The second-order valence-electron chi connectivity index (χ2n) is 1.96. The van der Waals surface area contributed by atoms with Crippen LogP contribution in [0.4, 0.5) is 11.6 Å². The molecule has 14 heavy (non-hydrogen) atoms. The smallest absolute Gasteiger partial charge is 0.133 e. The van der Waals surface area contributed by atoms with E-state index in [1.54, 1.807) is 0 Å². The summed E-state index contributed by atoms with van der Waals surface area (Å²) in [6.07, 6.45) is 2.61. The summed E-state index contributed by atoms with van der Waals surface area (Å²) in [7, 11) is 0. The Morgan fingerprint density at radius 3 is 1.57 bits per heavy atom. The molecule has 0 aliphatic carbocycles. The first-order chi connectivity index (χ1) is 6.95. The van der Waals surface area contributed by atoms with Gasteiger partial charge in [-0.05, 0) is 20.9 Å². The molecule has 0 N–H and O–H groups in total. The summed E-state index contributed by atoms with van der Waals surface area (Å²) in [5.41, 5.74) is 0. The van der Waals surface area contributed by atoms with Crippen molar-refractivity contribution in [3.8, 4) is 0 Å². The van der Waals surface area contributed by atoms with Crippen LogP contribution in [-0.4, -0.2) is 41.2 Å². The van der Waals surface area contributed by atoms with Crippen molar-refractivity contribution >= 4 is 11.6 Å². The zero-order valence-corrected chi connectivity index (χ0v) is 6.63. The van der Waals surface area contributed by atoms with Gasteiger partial charge >= 0.3 is 0 Å². The first kappa shape index (κ1) is 8.10. The minimum atomic E-state index is 0.221. The summed E-state index contributed by atoms with van der Waals surface area (Å²) in [5, 5.41) is 34.3. The lowest BCUT2D eigenvalue weighted by molar-refractivity contribution is 0.748. The molecular formula is C4H2N10. The number of azo groups is 1.